The molecule has 0 saturated heterocycles. The Kier molecular flexibility index (Phi) is 30.4. The van der Waals surface area contributed by atoms with E-state index in [9.17, 15) is 0 Å². The van der Waals surface area contributed by atoms with Crippen LogP contribution < -0.4 is 9.80 Å². The maximum absolute atomic E-state index is 5.97. The summed E-state index contributed by atoms with van der Waals surface area (Å²) in [6.07, 6.45) is 1.00. The monoisotopic (exact) mass is 528 g/mol. The molecule has 0 saturated carbocycles. The Labute approximate surface area is 219 Å². The van der Waals surface area contributed by atoms with Crippen molar-refractivity contribution in [1.29, 1.82) is 0 Å². The fraction of sp³-hybridized carbons (Fsp3) is 1.00. The van der Waals surface area contributed by atoms with Crippen molar-refractivity contribution in [2.45, 2.75) is 6.42 Å². The highest BCUT2D eigenvalue weighted by atomic mass is 16.5. The number of rotatable bonds is 31. The van der Waals surface area contributed by atoms with Gasteiger partial charge < -0.3 is 52.4 Å². The third-order valence-electron chi connectivity index (χ3n) is 5.55. The van der Waals surface area contributed by atoms with Crippen molar-refractivity contribution >= 4 is 0 Å². The van der Waals surface area contributed by atoms with Crippen molar-refractivity contribution < 1.29 is 52.4 Å². The van der Waals surface area contributed by atoms with E-state index in [1.165, 1.54) is 9.80 Å². The Morgan fingerprint density at radius 3 is 0.889 bits per heavy atom. The highest BCUT2D eigenvalue weighted by molar-refractivity contribution is 4.40. The molecule has 218 valence electrons. The third kappa shape index (κ3) is 26.6. The molecule has 0 radical (unpaired) electrons. The van der Waals surface area contributed by atoms with Crippen molar-refractivity contribution in [2.75, 3.05) is 160 Å². The number of hydrogen-bond acceptors (Lipinski definition) is 9. The molecule has 2 N–H and O–H groups in total. The van der Waals surface area contributed by atoms with Crippen LogP contribution in [-0.2, 0) is 42.6 Å². The van der Waals surface area contributed by atoms with Gasteiger partial charge in [-0.2, -0.15) is 0 Å². The molecule has 0 aliphatic heterocycles. The van der Waals surface area contributed by atoms with E-state index in [4.69, 9.17) is 42.6 Å². The number of hydrogen-bond donors (Lipinski definition) is 2. The van der Waals surface area contributed by atoms with E-state index in [1.54, 1.807) is 28.4 Å². The topological polar surface area (TPSA) is 92.0 Å². The molecule has 0 aliphatic rings. The number of methoxy groups -OCH3 is 4. The van der Waals surface area contributed by atoms with Crippen molar-refractivity contribution in [1.82, 2.24) is 0 Å². The lowest BCUT2D eigenvalue weighted by Gasteiger charge is -2.21. The van der Waals surface area contributed by atoms with Gasteiger partial charge in [0.05, 0.1) is 99.0 Å². The molecular formula is C25H56N2O9+2. The van der Waals surface area contributed by atoms with Gasteiger partial charge in [0.25, 0.3) is 0 Å². The highest BCUT2D eigenvalue weighted by Gasteiger charge is 2.11. The van der Waals surface area contributed by atoms with Gasteiger partial charge >= 0.3 is 0 Å². The fourth-order valence-electron chi connectivity index (χ4n) is 3.34. The Hall–Kier alpha value is -0.440. The van der Waals surface area contributed by atoms with Gasteiger partial charge in [-0.05, 0) is 0 Å². The van der Waals surface area contributed by atoms with E-state index >= 15 is 0 Å². The predicted molar refractivity (Wildman–Crippen MR) is 137 cm³/mol. The van der Waals surface area contributed by atoms with E-state index < -0.39 is 0 Å². The van der Waals surface area contributed by atoms with E-state index in [0.29, 0.717) is 66.1 Å². The van der Waals surface area contributed by atoms with E-state index in [-0.39, 0.29) is 0 Å². The summed E-state index contributed by atoms with van der Waals surface area (Å²) >= 11 is 0. The second kappa shape index (κ2) is 30.8. The number of nitrogens with one attached hydrogen (secondary N) is 2. The Balaban J connectivity index is 4.15. The molecule has 0 unspecified atom stereocenters. The second-order valence-electron chi connectivity index (χ2n) is 8.39. The van der Waals surface area contributed by atoms with Crippen LogP contribution in [0.1, 0.15) is 6.42 Å². The van der Waals surface area contributed by atoms with E-state index in [0.717, 1.165) is 72.1 Å². The lowest BCUT2D eigenvalue weighted by atomic mass is 10.3. The van der Waals surface area contributed by atoms with Crippen LogP contribution >= 0.6 is 0 Å². The molecule has 0 aliphatic carbocycles. The minimum absolute atomic E-state index is 0.621. The summed E-state index contributed by atoms with van der Waals surface area (Å²) in [5, 5.41) is 0. The van der Waals surface area contributed by atoms with Gasteiger partial charge in [-0.3, -0.25) is 0 Å². The van der Waals surface area contributed by atoms with E-state index in [2.05, 4.69) is 0 Å². The Bertz CT molecular complexity index is 348. The summed E-state index contributed by atoms with van der Waals surface area (Å²) in [6, 6.07) is 0. The van der Waals surface area contributed by atoms with Crippen molar-refractivity contribution in [3.8, 4) is 0 Å². The molecule has 0 aromatic carbocycles. The van der Waals surface area contributed by atoms with Gasteiger partial charge in [0.15, 0.2) is 0 Å². The first kappa shape index (κ1) is 35.6. The van der Waals surface area contributed by atoms with Crippen LogP contribution in [0.5, 0.6) is 0 Å². The maximum atomic E-state index is 5.97. The molecule has 0 spiro atoms. The van der Waals surface area contributed by atoms with Gasteiger partial charge in [-0.25, -0.2) is 0 Å². The molecule has 0 rings (SSSR count). The highest BCUT2D eigenvalue weighted by Crippen LogP contribution is 1.81. The first-order valence-corrected chi connectivity index (χ1v) is 13.3. The predicted octanol–water partition coefficient (Wildman–Crippen LogP) is -2.19. The van der Waals surface area contributed by atoms with Gasteiger partial charge in [0.1, 0.15) is 32.7 Å². The van der Waals surface area contributed by atoms with Crippen LogP contribution in [-0.4, -0.2) is 160 Å². The first-order chi connectivity index (χ1) is 17.8. The summed E-state index contributed by atoms with van der Waals surface area (Å²) in [7, 11) is 6.74. The molecule has 0 aromatic heterocycles. The van der Waals surface area contributed by atoms with E-state index in [1.807, 2.05) is 0 Å². The quantitative estimate of drug-likeness (QED) is 0.0975. The fourth-order valence-corrected chi connectivity index (χ4v) is 3.34. The third-order valence-corrected chi connectivity index (χ3v) is 5.55. The maximum Gasteiger partial charge on any atom is 0.101 e. The molecule has 36 heavy (non-hydrogen) atoms. The summed E-state index contributed by atoms with van der Waals surface area (Å²) in [6.45, 7) is 15.0. The molecule has 0 heterocycles. The second-order valence-corrected chi connectivity index (χ2v) is 8.39. The molecule has 0 aromatic rings. The summed E-state index contributed by atoms with van der Waals surface area (Å²) in [5.74, 6) is 0. The molecule has 11 heteroatoms. The Morgan fingerprint density at radius 1 is 0.306 bits per heavy atom. The van der Waals surface area contributed by atoms with Crippen LogP contribution in [0.15, 0.2) is 0 Å². The van der Waals surface area contributed by atoms with Crippen molar-refractivity contribution in [3.63, 3.8) is 0 Å². The standard InChI is InChI=1S/C25H54N2O9/c1-28-18-22-33-14-7-26(8-15-34-23-19-29-2)6-5-12-32-13-9-27(10-16-35-24-20-30-3)11-17-36-25-21-31-4/h5-25H2,1-4H3/p+2. The van der Waals surface area contributed by atoms with Gasteiger partial charge in [0.2, 0.25) is 0 Å². The number of ether oxygens (including phenoxy) is 9. The minimum Gasteiger partial charge on any atom is -0.382 e. The normalized spacial score (nSPS) is 11.8. The first-order valence-electron chi connectivity index (χ1n) is 13.3. The molecule has 0 amide bonds. The lowest BCUT2D eigenvalue weighted by Crippen LogP contribution is -3.13. The number of quaternary nitrogens is 2. The molecular weight excluding hydrogens is 472 g/mol. The zero-order valence-electron chi connectivity index (χ0n) is 23.5. The van der Waals surface area contributed by atoms with Crippen LogP contribution in [0, 0.1) is 0 Å². The van der Waals surface area contributed by atoms with Gasteiger partial charge in [-0.1, -0.05) is 0 Å². The molecule has 11 nitrogen and oxygen atoms in total. The van der Waals surface area contributed by atoms with Gasteiger partial charge in [-0.15, -0.1) is 0 Å². The van der Waals surface area contributed by atoms with Crippen LogP contribution in [0.4, 0.5) is 0 Å². The zero-order valence-corrected chi connectivity index (χ0v) is 23.5. The lowest BCUT2D eigenvalue weighted by molar-refractivity contribution is -0.902. The van der Waals surface area contributed by atoms with Crippen molar-refractivity contribution in [2.24, 2.45) is 0 Å². The van der Waals surface area contributed by atoms with Crippen LogP contribution in [0.2, 0.25) is 0 Å². The van der Waals surface area contributed by atoms with Gasteiger partial charge in [0, 0.05) is 34.9 Å². The average Bonchev–Trinajstić information content (AvgIpc) is 2.89. The molecule has 0 atom stereocenters. The average molecular weight is 529 g/mol. The largest absolute Gasteiger partial charge is 0.382 e. The summed E-state index contributed by atoms with van der Waals surface area (Å²) in [4.78, 5) is 2.88. The minimum atomic E-state index is 0.621. The summed E-state index contributed by atoms with van der Waals surface area (Å²) in [5.41, 5.74) is 0. The van der Waals surface area contributed by atoms with Crippen LogP contribution in [0.25, 0.3) is 0 Å². The Morgan fingerprint density at radius 2 is 0.583 bits per heavy atom. The smallest absolute Gasteiger partial charge is 0.101 e. The van der Waals surface area contributed by atoms with Crippen molar-refractivity contribution in [3.05, 3.63) is 0 Å². The zero-order chi connectivity index (χ0) is 26.4. The molecule has 0 fully saturated rings. The summed E-state index contributed by atoms with van der Waals surface area (Å²) < 4.78 is 48.7. The van der Waals surface area contributed by atoms with Crippen LogP contribution in [0.3, 0.4) is 0 Å². The molecule has 0 bridgehead atoms. The SMILES string of the molecule is COCCOCC[NH+](CCCOCC[NH+](CCOCCOC)CCOCCOC)CCOCCOC.